The summed E-state index contributed by atoms with van der Waals surface area (Å²) in [6.45, 7) is 0.748. The molecule has 0 bridgehead atoms. The van der Waals surface area contributed by atoms with Crippen molar-refractivity contribution in [3.05, 3.63) is 35.9 Å². The second kappa shape index (κ2) is 5.51. The topological polar surface area (TPSA) is 29.3 Å². The number of hydrogen-bond donors (Lipinski definition) is 1. The molecule has 0 aromatic heterocycles. The predicted molar refractivity (Wildman–Crippen MR) is 61.5 cm³/mol. The van der Waals surface area contributed by atoms with Crippen molar-refractivity contribution in [2.24, 2.45) is 5.73 Å². The van der Waals surface area contributed by atoms with Crippen molar-refractivity contribution < 1.29 is 13.2 Å². The Kier molecular flexibility index (Phi) is 4.54. The normalized spacial score (nSPS) is 15.9. The molecule has 96 valence electrons. The van der Waals surface area contributed by atoms with Gasteiger partial charge in [0.2, 0.25) is 0 Å². The van der Waals surface area contributed by atoms with E-state index in [2.05, 4.69) is 0 Å². The van der Waals surface area contributed by atoms with Crippen LogP contribution < -0.4 is 5.73 Å². The van der Waals surface area contributed by atoms with Gasteiger partial charge in [-0.15, -0.1) is 0 Å². The molecule has 0 saturated carbocycles. The lowest BCUT2D eigenvalue weighted by molar-refractivity contribution is -0.147. The summed E-state index contributed by atoms with van der Waals surface area (Å²) in [6.07, 6.45) is -4.20. The van der Waals surface area contributed by atoms with E-state index in [1.165, 1.54) is 11.9 Å². The fourth-order valence-corrected chi connectivity index (χ4v) is 1.65. The highest BCUT2D eigenvalue weighted by Gasteiger charge is 2.32. The maximum absolute atomic E-state index is 12.2. The van der Waals surface area contributed by atoms with E-state index in [1.54, 1.807) is 6.92 Å². The summed E-state index contributed by atoms with van der Waals surface area (Å²) in [5.74, 6) is 0. The second-order valence-corrected chi connectivity index (χ2v) is 4.21. The minimum Gasteiger partial charge on any atom is -0.323 e. The Morgan fingerprint density at radius 2 is 1.76 bits per heavy atom. The van der Waals surface area contributed by atoms with Crippen LogP contribution in [0.25, 0.3) is 0 Å². The predicted octanol–water partition coefficient (Wildman–Crippen LogP) is 2.57. The zero-order valence-electron chi connectivity index (χ0n) is 9.91. The number of rotatable bonds is 4. The zero-order chi connectivity index (χ0) is 13.1. The Morgan fingerprint density at radius 3 is 2.24 bits per heavy atom. The third-order valence-electron chi connectivity index (χ3n) is 2.83. The zero-order valence-corrected chi connectivity index (χ0v) is 9.91. The van der Waals surface area contributed by atoms with Crippen molar-refractivity contribution >= 4 is 0 Å². The highest BCUT2D eigenvalue weighted by atomic mass is 19.4. The van der Waals surface area contributed by atoms with Gasteiger partial charge in [-0.3, -0.25) is 4.90 Å². The molecule has 0 aliphatic carbocycles. The van der Waals surface area contributed by atoms with E-state index < -0.39 is 18.8 Å². The lowest BCUT2D eigenvalue weighted by atomic mass is 10.0. The fourth-order valence-electron chi connectivity index (χ4n) is 1.65. The lowest BCUT2D eigenvalue weighted by Crippen LogP contribution is -2.43. The molecule has 0 spiro atoms. The summed E-state index contributed by atoms with van der Waals surface area (Å²) >= 11 is 0. The van der Waals surface area contributed by atoms with Crippen molar-refractivity contribution in [1.29, 1.82) is 0 Å². The first-order valence-corrected chi connectivity index (χ1v) is 5.39. The van der Waals surface area contributed by atoms with Crippen LogP contribution in [0.4, 0.5) is 13.2 Å². The maximum Gasteiger partial charge on any atom is 0.401 e. The third kappa shape index (κ3) is 4.36. The molecule has 0 radical (unpaired) electrons. The van der Waals surface area contributed by atoms with Gasteiger partial charge in [0.15, 0.2) is 0 Å². The van der Waals surface area contributed by atoms with E-state index in [0.717, 1.165) is 5.56 Å². The number of alkyl halides is 3. The highest BCUT2D eigenvalue weighted by Crippen LogP contribution is 2.22. The van der Waals surface area contributed by atoms with E-state index >= 15 is 0 Å². The van der Waals surface area contributed by atoms with Crippen LogP contribution in [0.3, 0.4) is 0 Å². The van der Waals surface area contributed by atoms with E-state index in [-0.39, 0.29) is 6.04 Å². The SMILES string of the molecule is CC(C(N)c1ccccc1)N(C)CC(F)(F)F. The number of nitrogens with two attached hydrogens (primary N) is 1. The summed E-state index contributed by atoms with van der Waals surface area (Å²) in [7, 11) is 1.43. The van der Waals surface area contributed by atoms with Gasteiger partial charge >= 0.3 is 6.18 Å². The van der Waals surface area contributed by atoms with Crippen molar-refractivity contribution in [3.63, 3.8) is 0 Å². The molecule has 2 atom stereocenters. The molecular formula is C12H17F3N2. The Bertz CT molecular complexity index is 337. The molecule has 0 aliphatic heterocycles. The van der Waals surface area contributed by atoms with Gasteiger partial charge in [-0.2, -0.15) is 13.2 Å². The maximum atomic E-state index is 12.2. The van der Waals surface area contributed by atoms with Gasteiger partial charge in [0, 0.05) is 12.1 Å². The first-order chi connectivity index (χ1) is 7.81. The Balaban J connectivity index is 2.67. The van der Waals surface area contributed by atoms with Crippen molar-refractivity contribution in [3.8, 4) is 0 Å². The average molecular weight is 246 g/mol. The number of benzene rings is 1. The average Bonchev–Trinajstić information content (AvgIpc) is 2.26. The van der Waals surface area contributed by atoms with Crippen LogP contribution in [0.5, 0.6) is 0 Å². The van der Waals surface area contributed by atoms with Gasteiger partial charge < -0.3 is 5.73 Å². The van der Waals surface area contributed by atoms with Crippen LogP contribution >= 0.6 is 0 Å². The van der Waals surface area contributed by atoms with E-state index in [4.69, 9.17) is 5.73 Å². The van der Waals surface area contributed by atoms with Crippen LogP contribution in [0.1, 0.15) is 18.5 Å². The molecule has 0 fully saturated rings. The molecule has 2 unspecified atom stereocenters. The monoisotopic (exact) mass is 246 g/mol. The molecule has 0 heterocycles. The third-order valence-corrected chi connectivity index (χ3v) is 2.83. The number of hydrogen-bond acceptors (Lipinski definition) is 2. The molecule has 1 rings (SSSR count). The summed E-state index contributed by atoms with van der Waals surface area (Å²) in [6, 6.07) is 8.34. The number of nitrogens with zero attached hydrogens (tertiary/aromatic N) is 1. The fraction of sp³-hybridized carbons (Fsp3) is 0.500. The molecule has 0 amide bonds. The molecule has 2 nitrogen and oxygen atoms in total. The molecular weight excluding hydrogens is 229 g/mol. The van der Waals surface area contributed by atoms with Gasteiger partial charge in [-0.25, -0.2) is 0 Å². The van der Waals surface area contributed by atoms with Crippen LogP contribution in [0.15, 0.2) is 30.3 Å². The van der Waals surface area contributed by atoms with Crippen LogP contribution in [-0.2, 0) is 0 Å². The quantitative estimate of drug-likeness (QED) is 0.884. The number of likely N-dealkylation sites (N-methyl/N-ethyl adjacent to an activating group) is 1. The summed E-state index contributed by atoms with van der Waals surface area (Å²) in [5.41, 5.74) is 6.79. The van der Waals surface area contributed by atoms with Crippen molar-refractivity contribution in [2.75, 3.05) is 13.6 Å². The summed E-state index contributed by atoms with van der Waals surface area (Å²) < 4.78 is 36.7. The number of halogens is 3. The Hall–Kier alpha value is -1.07. The first-order valence-electron chi connectivity index (χ1n) is 5.39. The first kappa shape index (κ1) is 14.0. The minimum atomic E-state index is -4.20. The lowest BCUT2D eigenvalue weighted by Gasteiger charge is -2.30. The van der Waals surface area contributed by atoms with Gasteiger partial charge in [0.1, 0.15) is 0 Å². The standard InChI is InChI=1S/C12H17F3N2/c1-9(17(2)8-12(13,14)15)11(16)10-6-4-3-5-7-10/h3-7,9,11H,8,16H2,1-2H3. The molecule has 2 N–H and O–H groups in total. The Morgan fingerprint density at radius 1 is 1.24 bits per heavy atom. The molecule has 17 heavy (non-hydrogen) atoms. The van der Waals surface area contributed by atoms with E-state index in [0.29, 0.717) is 0 Å². The summed E-state index contributed by atoms with van der Waals surface area (Å²) in [5, 5.41) is 0. The Labute approximate surface area is 99.2 Å². The largest absolute Gasteiger partial charge is 0.401 e. The van der Waals surface area contributed by atoms with E-state index in [1.807, 2.05) is 30.3 Å². The van der Waals surface area contributed by atoms with Crippen LogP contribution in [0, 0.1) is 0 Å². The van der Waals surface area contributed by atoms with Crippen molar-refractivity contribution in [1.82, 2.24) is 4.90 Å². The molecule has 0 aliphatic rings. The van der Waals surface area contributed by atoms with Gasteiger partial charge in [0.05, 0.1) is 6.54 Å². The highest BCUT2D eigenvalue weighted by molar-refractivity contribution is 5.19. The summed E-state index contributed by atoms with van der Waals surface area (Å²) in [4.78, 5) is 1.22. The van der Waals surface area contributed by atoms with E-state index in [9.17, 15) is 13.2 Å². The molecule has 0 saturated heterocycles. The van der Waals surface area contributed by atoms with Crippen molar-refractivity contribution in [2.45, 2.75) is 25.2 Å². The van der Waals surface area contributed by atoms with Crippen LogP contribution in [0.2, 0.25) is 0 Å². The van der Waals surface area contributed by atoms with Gasteiger partial charge in [0.25, 0.3) is 0 Å². The molecule has 5 heteroatoms. The van der Waals surface area contributed by atoms with Crippen LogP contribution in [-0.4, -0.2) is 30.7 Å². The second-order valence-electron chi connectivity index (χ2n) is 4.21. The smallest absolute Gasteiger partial charge is 0.323 e. The van der Waals surface area contributed by atoms with Gasteiger partial charge in [-0.05, 0) is 19.5 Å². The van der Waals surface area contributed by atoms with Gasteiger partial charge in [-0.1, -0.05) is 30.3 Å². The molecule has 1 aromatic carbocycles. The molecule has 1 aromatic rings. The minimum absolute atomic E-state index is 0.376.